The summed E-state index contributed by atoms with van der Waals surface area (Å²) >= 11 is 0. The Kier molecular flexibility index (Phi) is 5.68. The van der Waals surface area contributed by atoms with Crippen LogP contribution in [0.5, 0.6) is 11.5 Å². The van der Waals surface area contributed by atoms with Crippen molar-refractivity contribution in [2.24, 2.45) is 5.73 Å². The van der Waals surface area contributed by atoms with E-state index in [0.29, 0.717) is 17.1 Å². The molecule has 0 fully saturated rings. The Morgan fingerprint density at radius 3 is 2.21 bits per heavy atom. The van der Waals surface area contributed by atoms with Gasteiger partial charge in [0.15, 0.2) is 11.5 Å². The number of carboxylic acids is 1. The Hall–Kier alpha value is -4.01. The van der Waals surface area contributed by atoms with Crippen LogP contribution in [-0.4, -0.2) is 33.0 Å². The van der Waals surface area contributed by atoms with Gasteiger partial charge in [-0.05, 0) is 55.5 Å². The number of aromatic carboxylic acids is 1. The molecule has 1 atom stereocenters. The van der Waals surface area contributed by atoms with Crippen LogP contribution in [0.4, 0.5) is 10.2 Å². The van der Waals surface area contributed by atoms with E-state index in [-0.39, 0.29) is 23.2 Å². The molecule has 0 saturated carbocycles. The van der Waals surface area contributed by atoms with Gasteiger partial charge in [0.1, 0.15) is 29.2 Å². The molecule has 1 amide bonds. The van der Waals surface area contributed by atoms with Gasteiger partial charge < -0.3 is 20.9 Å². The number of hydrogen-bond donors (Lipinski definition) is 3. The summed E-state index contributed by atoms with van der Waals surface area (Å²) in [4.78, 5) is 30.9. The Labute approximate surface area is 165 Å². The third-order valence-corrected chi connectivity index (χ3v) is 3.90. The Morgan fingerprint density at radius 2 is 1.66 bits per heavy atom. The zero-order valence-corrected chi connectivity index (χ0v) is 15.3. The van der Waals surface area contributed by atoms with Gasteiger partial charge in [0.2, 0.25) is 5.91 Å². The van der Waals surface area contributed by atoms with Gasteiger partial charge >= 0.3 is 5.97 Å². The maximum absolute atomic E-state index is 13.0. The van der Waals surface area contributed by atoms with Gasteiger partial charge in [-0.15, -0.1) is 0 Å². The summed E-state index contributed by atoms with van der Waals surface area (Å²) in [5.74, 6) is -0.935. The first-order chi connectivity index (χ1) is 13.8. The number of primary amides is 1. The van der Waals surface area contributed by atoms with E-state index in [1.54, 1.807) is 24.3 Å². The molecule has 29 heavy (non-hydrogen) atoms. The molecule has 0 aliphatic heterocycles. The lowest BCUT2D eigenvalue weighted by molar-refractivity contribution is -0.118. The maximum Gasteiger partial charge on any atom is 0.354 e. The SMILES string of the molecule is C[C@H](Nc1cc(C(=O)O)nc(-c2ccc(Oc3ccc(F)cc3)cc2)n1)C(N)=O. The van der Waals surface area contributed by atoms with Crippen LogP contribution in [0.3, 0.4) is 0 Å². The summed E-state index contributed by atoms with van der Waals surface area (Å²) in [6.07, 6.45) is 0. The lowest BCUT2D eigenvalue weighted by Gasteiger charge is -2.12. The van der Waals surface area contributed by atoms with Gasteiger partial charge in [-0.1, -0.05) is 0 Å². The first kappa shape index (κ1) is 19.7. The Balaban J connectivity index is 1.86. The van der Waals surface area contributed by atoms with E-state index < -0.39 is 17.9 Å². The van der Waals surface area contributed by atoms with Crippen molar-refractivity contribution in [2.75, 3.05) is 5.32 Å². The van der Waals surface area contributed by atoms with Crippen molar-refractivity contribution < 1.29 is 23.8 Å². The van der Waals surface area contributed by atoms with E-state index in [0.717, 1.165) is 0 Å². The molecule has 0 radical (unpaired) electrons. The molecule has 0 aliphatic carbocycles. The van der Waals surface area contributed by atoms with Crippen molar-refractivity contribution in [1.82, 2.24) is 9.97 Å². The van der Waals surface area contributed by atoms with Gasteiger partial charge in [-0.2, -0.15) is 0 Å². The standard InChI is InChI=1S/C20H17FN4O4/c1-11(18(22)26)23-17-10-16(20(27)28)24-19(25-17)12-2-6-14(7-3-12)29-15-8-4-13(21)5-9-15/h2-11H,1H3,(H2,22,26)(H,27,28)(H,23,24,25)/t11-/m0/s1. The number of carbonyl (C=O) groups excluding carboxylic acids is 1. The van der Waals surface area contributed by atoms with Crippen LogP contribution < -0.4 is 15.8 Å². The van der Waals surface area contributed by atoms with Gasteiger partial charge in [0, 0.05) is 11.6 Å². The number of carbonyl (C=O) groups is 2. The predicted octanol–water partition coefficient (Wildman–Crippen LogP) is 3.06. The normalized spacial score (nSPS) is 11.5. The molecule has 1 aromatic heterocycles. The van der Waals surface area contributed by atoms with Crippen LogP contribution in [0.2, 0.25) is 0 Å². The average Bonchev–Trinajstić information content (AvgIpc) is 2.70. The number of halogens is 1. The van der Waals surface area contributed by atoms with Crippen molar-refractivity contribution in [1.29, 1.82) is 0 Å². The predicted molar refractivity (Wildman–Crippen MR) is 103 cm³/mol. The second-order valence-electron chi connectivity index (χ2n) is 6.12. The second kappa shape index (κ2) is 8.34. The third-order valence-electron chi connectivity index (χ3n) is 3.90. The molecule has 0 bridgehead atoms. The van der Waals surface area contributed by atoms with E-state index in [2.05, 4.69) is 15.3 Å². The fourth-order valence-electron chi connectivity index (χ4n) is 2.36. The zero-order valence-electron chi connectivity index (χ0n) is 15.3. The number of amides is 1. The van der Waals surface area contributed by atoms with Crippen LogP contribution >= 0.6 is 0 Å². The van der Waals surface area contributed by atoms with Crippen LogP contribution in [0.15, 0.2) is 54.6 Å². The van der Waals surface area contributed by atoms with Crippen LogP contribution in [0.25, 0.3) is 11.4 Å². The van der Waals surface area contributed by atoms with Gasteiger partial charge in [0.05, 0.1) is 0 Å². The fourth-order valence-corrected chi connectivity index (χ4v) is 2.36. The molecule has 9 heteroatoms. The van der Waals surface area contributed by atoms with E-state index in [4.69, 9.17) is 10.5 Å². The number of hydrogen-bond acceptors (Lipinski definition) is 6. The topological polar surface area (TPSA) is 127 Å². The summed E-state index contributed by atoms with van der Waals surface area (Å²) in [6.45, 7) is 1.53. The van der Waals surface area contributed by atoms with Gasteiger partial charge in [0.25, 0.3) is 0 Å². The molecule has 3 aromatic rings. The Bertz CT molecular complexity index is 1040. The number of rotatable bonds is 7. The summed E-state index contributed by atoms with van der Waals surface area (Å²) in [7, 11) is 0. The minimum atomic E-state index is -1.24. The molecule has 0 unspecified atom stereocenters. The molecular weight excluding hydrogens is 379 g/mol. The number of aromatic nitrogens is 2. The largest absolute Gasteiger partial charge is 0.477 e. The first-order valence-electron chi connectivity index (χ1n) is 8.54. The molecule has 0 aliphatic rings. The van der Waals surface area contributed by atoms with Gasteiger partial charge in [-0.25, -0.2) is 19.2 Å². The molecule has 8 nitrogen and oxygen atoms in total. The van der Waals surface area contributed by atoms with Crippen molar-refractivity contribution in [3.05, 3.63) is 66.1 Å². The van der Waals surface area contributed by atoms with Crippen molar-refractivity contribution in [3.63, 3.8) is 0 Å². The van der Waals surface area contributed by atoms with Crippen molar-refractivity contribution in [2.45, 2.75) is 13.0 Å². The summed E-state index contributed by atoms with van der Waals surface area (Å²) in [6, 6.07) is 12.7. The molecule has 0 saturated heterocycles. The maximum atomic E-state index is 13.0. The Morgan fingerprint density at radius 1 is 1.07 bits per heavy atom. The number of benzene rings is 2. The molecular formula is C20H17FN4O4. The lowest BCUT2D eigenvalue weighted by Crippen LogP contribution is -2.32. The summed E-state index contributed by atoms with van der Waals surface area (Å²) in [5.41, 5.74) is 5.52. The van der Waals surface area contributed by atoms with Crippen LogP contribution in [0.1, 0.15) is 17.4 Å². The molecule has 0 spiro atoms. The second-order valence-corrected chi connectivity index (χ2v) is 6.12. The van der Waals surface area contributed by atoms with Crippen molar-refractivity contribution >= 4 is 17.7 Å². The molecule has 148 valence electrons. The molecule has 3 rings (SSSR count). The summed E-state index contributed by atoms with van der Waals surface area (Å²) < 4.78 is 18.6. The fraction of sp³-hybridized carbons (Fsp3) is 0.100. The highest BCUT2D eigenvalue weighted by atomic mass is 19.1. The minimum Gasteiger partial charge on any atom is -0.477 e. The zero-order chi connectivity index (χ0) is 21.0. The monoisotopic (exact) mass is 396 g/mol. The van der Waals surface area contributed by atoms with E-state index in [9.17, 15) is 19.1 Å². The molecule has 4 N–H and O–H groups in total. The van der Waals surface area contributed by atoms with Crippen LogP contribution in [0, 0.1) is 5.82 Å². The number of anilines is 1. The van der Waals surface area contributed by atoms with E-state index in [1.807, 2.05) is 0 Å². The lowest BCUT2D eigenvalue weighted by atomic mass is 10.2. The smallest absolute Gasteiger partial charge is 0.354 e. The number of carboxylic acid groups (broad SMARTS) is 1. The highest BCUT2D eigenvalue weighted by Crippen LogP contribution is 2.25. The number of nitrogens with one attached hydrogen (secondary N) is 1. The van der Waals surface area contributed by atoms with E-state index >= 15 is 0 Å². The van der Waals surface area contributed by atoms with Crippen molar-refractivity contribution in [3.8, 4) is 22.9 Å². The third kappa shape index (κ3) is 5.04. The number of nitrogens with two attached hydrogens (primary N) is 1. The van der Waals surface area contributed by atoms with E-state index in [1.165, 1.54) is 37.3 Å². The molecule has 1 heterocycles. The minimum absolute atomic E-state index is 0.150. The van der Waals surface area contributed by atoms with Gasteiger partial charge in [-0.3, -0.25) is 4.79 Å². The number of nitrogens with zero attached hydrogens (tertiary/aromatic N) is 2. The first-order valence-corrected chi connectivity index (χ1v) is 8.54. The highest BCUT2D eigenvalue weighted by molar-refractivity contribution is 5.87. The summed E-state index contributed by atoms with van der Waals surface area (Å²) in [5, 5.41) is 12.0. The number of ether oxygens (including phenoxy) is 1. The van der Waals surface area contributed by atoms with Crippen LogP contribution in [-0.2, 0) is 4.79 Å². The highest BCUT2D eigenvalue weighted by Gasteiger charge is 2.15. The molecule has 2 aromatic carbocycles. The quantitative estimate of drug-likeness (QED) is 0.560. The average molecular weight is 396 g/mol.